The number of Topliss-reactive ketones (excluding diaryl/α,β-unsaturated/α-hetero) is 1. The van der Waals surface area contributed by atoms with Crippen LogP contribution in [0.5, 0.6) is 5.75 Å². The maximum absolute atomic E-state index is 13.5. The third kappa shape index (κ3) is 4.99. The number of nitrogens with zero attached hydrogens (tertiary/aromatic N) is 2. The van der Waals surface area contributed by atoms with Crippen LogP contribution in [0.4, 0.5) is 10.1 Å². The van der Waals surface area contributed by atoms with E-state index in [-0.39, 0.29) is 11.6 Å². The molecule has 0 spiro atoms. The minimum absolute atomic E-state index is 0.0587. The molecule has 2 aliphatic heterocycles. The maximum atomic E-state index is 13.5. The largest absolute Gasteiger partial charge is 0.482 e. The van der Waals surface area contributed by atoms with E-state index in [9.17, 15) is 14.0 Å². The van der Waals surface area contributed by atoms with Crippen molar-refractivity contribution in [1.82, 2.24) is 4.90 Å². The van der Waals surface area contributed by atoms with Gasteiger partial charge in [-0.3, -0.25) is 9.69 Å². The molecule has 0 saturated carbocycles. The van der Waals surface area contributed by atoms with Crippen molar-refractivity contribution in [1.29, 1.82) is 0 Å². The second kappa shape index (κ2) is 10.4. The lowest BCUT2D eigenvalue weighted by Crippen LogP contribution is -2.46. The summed E-state index contributed by atoms with van der Waals surface area (Å²) in [4.78, 5) is 30.8. The van der Waals surface area contributed by atoms with E-state index in [0.717, 1.165) is 53.8 Å². The number of hydrogen-bond acceptors (Lipinski definition) is 6. The van der Waals surface area contributed by atoms with Gasteiger partial charge >= 0.3 is 5.63 Å². The first kappa shape index (κ1) is 26.2. The van der Waals surface area contributed by atoms with Gasteiger partial charge in [-0.2, -0.15) is 0 Å². The summed E-state index contributed by atoms with van der Waals surface area (Å²) in [5, 5.41) is 0.731. The first-order valence-corrected chi connectivity index (χ1v) is 13.5. The number of hydrogen-bond donors (Lipinski definition) is 0. The fraction of sp³-hybridized carbons (Fsp3) is 0.419. The van der Waals surface area contributed by atoms with Crippen molar-refractivity contribution in [3.8, 4) is 5.75 Å². The highest BCUT2D eigenvalue weighted by atomic mass is 19.1. The number of ether oxygens (including phenoxy) is 1. The van der Waals surface area contributed by atoms with Crippen LogP contribution in [0.25, 0.3) is 17.0 Å². The van der Waals surface area contributed by atoms with Gasteiger partial charge in [0.2, 0.25) is 0 Å². The van der Waals surface area contributed by atoms with Crippen molar-refractivity contribution in [2.24, 2.45) is 0 Å². The van der Waals surface area contributed by atoms with E-state index >= 15 is 0 Å². The normalized spacial score (nSPS) is 16.9. The van der Waals surface area contributed by atoms with Crippen LogP contribution >= 0.6 is 0 Å². The lowest BCUT2D eigenvalue weighted by Gasteiger charge is -2.39. The Balaban J connectivity index is 1.62. The standard InChI is InChI=1S/C31H35FN2O4/c1-5-7-21-18-25(36)37-30-26(21)29-23(12-13-31(3,4)38-29)28(27(30)24(35)6-2)34-16-14-33(15-17-34)19-20-8-10-22(32)11-9-20/h8-13,18H,5-7,14-17,19H2,1-4H3. The molecule has 200 valence electrons. The fourth-order valence-corrected chi connectivity index (χ4v) is 5.50. The molecular formula is C31H35FN2O4. The third-order valence-corrected chi connectivity index (χ3v) is 7.38. The summed E-state index contributed by atoms with van der Waals surface area (Å²) in [5.74, 6) is 0.382. The Kier molecular flexibility index (Phi) is 7.14. The Morgan fingerprint density at radius 1 is 1.08 bits per heavy atom. The number of halogens is 1. The van der Waals surface area contributed by atoms with Crippen molar-refractivity contribution in [2.75, 3.05) is 31.1 Å². The number of benzene rings is 2. The zero-order chi connectivity index (χ0) is 27.0. The summed E-state index contributed by atoms with van der Waals surface area (Å²) in [6.45, 7) is 11.6. The first-order valence-electron chi connectivity index (χ1n) is 13.5. The van der Waals surface area contributed by atoms with Crippen molar-refractivity contribution in [2.45, 2.75) is 59.1 Å². The zero-order valence-corrected chi connectivity index (χ0v) is 22.6. The first-order chi connectivity index (χ1) is 18.2. The Morgan fingerprint density at radius 2 is 1.79 bits per heavy atom. The second-order valence-corrected chi connectivity index (χ2v) is 10.7. The van der Waals surface area contributed by atoms with E-state index < -0.39 is 11.2 Å². The van der Waals surface area contributed by atoms with E-state index in [1.165, 1.54) is 18.2 Å². The van der Waals surface area contributed by atoms with Crippen molar-refractivity contribution in [3.05, 3.63) is 74.9 Å². The molecule has 0 N–H and O–H groups in total. The Hall–Kier alpha value is -3.45. The van der Waals surface area contributed by atoms with Gasteiger partial charge in [-0.15, -0.1) is 0 Å². The highest BCUT2D eigenvalue weighted by molar-refractivity contribution is 6.15. The summed E-state index contributed by atoms with van der Waals surface area (Å²) in [6.07, 6.45) is 5.91. The van der Waals surface area contributed by atoms with Crippen molar-refractivity contribution < 1.29 is 18.3 Å². The lowest BCUT2D eigenvalue weighted by molar-refractivity contribution is 0.0989. The van der Waals surface area contributed by atoms with Crippen LogP contribution in [0, 0.1) is 5.82 Å². The second-order valence-electron chi connectivity index (χ2n) is 10.7. The molecule has 2 aliphatic rings. The highest BCUT2D eigenvalue weighted by Gasteiger charge is 2.34. The molecule has 1 aromatic heterocycles. The molecule has 7 heteroatoms. The monoisotopic (exact) mass is 518 g/mol. The molecule has 1 saturated heterocycles. The van der Waals surface area contributed by atoms with Crippen molar-refractivity contribution >= 4 is 28.5 Å². The molecule has 0 radical (unpaired) electrons. The Bertz CT molecular complexity index is 1450. The molecule has 1 fully saturated rings. The predicted octanol–water partition coefficient (Wildman–Crippen LogP) is 5.98. The number of aryl methyl sites for hydroxylation is 1. The Labute approximate surface area is 222 Å². The average molecular weight is 519 g/mol. The summed E-state index contributed by atoms with van der Waals surface area (Å²) < 4.78 is 25.7. The number of piperazine rings is 1. The van der Waals surface area contributed by atoms with Gasteiger partial charge in [-0.1, -0.05) is 32.4 Å². The zero-order valence-electron chi connectivity index (χ0n) is 22.6. The van der Waals surface area contributed by atoms with Gasteiger partial charge in [0.05, 0.1) is 16.6 Å². The van der Waals surface area contributed by atoms with Gasteiger partial charge in [0.1, 0.15) is 17.2 Å². The van der Waals surface area contributed by atoms with E-state index in [4.69, 9.17) is 9.15 Å². The number of fused-ring (bicyclic) bond motifs is 3. The summed E-state index contributed by atoms with van der Waals surface area (Å²) in [5.41, 5.74) is 3.37. The molecule has 0 unspecified atom stereocenters. The molecule has 2 aromatic carbocycles. The molecule has 0 bridgehead atoms. The molecule has 38 heavy (non-hydrogen) atoms. The summed E-state index contributed by atoms with van der Waals surface area (Å²) in [7, 11) is 0. The van der Waals surface area contributed by atoms with E-state index in [2.05, 4.69) is 22.8 Å². The number of anilines is 1. The van der Waals surface area contributed by atoms with Gasteiger partial charge < -0.3 is 14.1 Å². The lowest BCUT2D eigenvalue weighted by atomic mass is 9.90. The fourth-order valence-electron chi connectivity index (χ4n) is 5.50. The van der Waals surface area contributed by atoms with E-state index in [1.54, 1.807) is 0 Å². The molecule has 0 amide bonds. The van der Waals surface area contributed by atoms with Gasteiger partial charge in [0.25, 0.3) is 0 Å². The van der Waals surface area contributed by atoms with Crippen LogP contribution in [0.15, 0.2) is 45.6 Å². The summed E-state index contributed by atoms with van der Waals surface area (Å²) >= 11 is 0. The maximum Gasteiger partial charge on any atom is 0.336 e. The van der Waals surface area contributed by atoms with Crippen LogP contribution in [-0.4, -0.2) is 42.5 Å². The average Bonchev–Trinajstić information content (AvgIpc) is 2.88. The smallest absolute Gasteiger partial charge is 0.336 e. The molecule has 0 atom stereocenters. The molecule has 3 heterocycles. The van der Waals surface area contributed by atoms with Gasteiger partial charge in [0, 0.05) is 50.8 Å². The summed E-state index contributed by atoms with van der Waals surface area (Å²) in [6, 6.07) is 8.15. The van der Waals surface area contributed by atoms with Crippen LogP contribution in [-0.2, 0) is 13.0 Å². The molecule has 5 rings (SSSR count). The van der Waals surface area contributed by atoms with E-state index in [1.807, 2.05) is 39.0 Å². The van der Waals surface area contributed by atoms with Crippen LogP contribution in [0.3, 0.4) is 0 Å². The predicted molar refractivity (Wildman–Crippen MR) is 149 cm³/mol. The number of rotatable bonds is 7. The Morgan fingerprint density at radius 3 is 2.45 bits per heavy atom. The SMILES string of the molecule is CCCc1cc(=O)oc2c(C(=O)CC)c(N3CCN(Cc4ccc(F)cc4)CC3)c3c(c12)OC(C)(C)C=C3. The van der Waals surface area contributed by atoms with Gasteiger partial charge in [-0.05, 0) is 55.7 Å². The number of ketones is 1. The number of carbonyl (C=O) groups is 1. The van der Waals surface area contributed by atoms with Gasteiger partial charge in [0.15, 0.2) is 11.4 Å². The highest BCUT2D eigenvalue weighted by Crippen LogP contribution is 2.47. The van der Waals surface area contributed by atoms with Crippen LogP contribution < -0.4 is 15.3 Å². The van der Waals surface area contributed by atoms with E-state index in [0.29, 0.717) is 42.8 Å². The van der Waals surface area contributed by atoms with Crippen molar-refractivity contribution in [3.63, 3.8) is 0 Å². The minimum atomic E-state index is -0.541. The molecular weight excluding hydrogens is 483 g/mol. The van der Waals surface area contributed by atoms with Crippen LogP contribution in [0.2, 0.25) is 0 Å². The molecule has 3 aromatic rings. The van der Waals surface area contributed by atoms with Gasteiger partial charge in [-0.25, -0.2) is 9.18 Å². The number of carbonyl (C=O) groups excluding carboxylic acids is 1. The third-order valence-electron chi connectivity index (χ3n) is 7.38. The molecule has 6 nitrogen and oxygen atoms in total. The van der Waals surface area contributed by atoms with Crippen LogP contribution in [0.1, 0.15) is 67.6 Å². The topological polar surface area (TPSA) is 63.0 Å². The quantitative estimate of drug-likeness (QED) is 0.283. The minimum Gasteiger partial charge on any atom is -0.482 e. The molecule has 0 aliphatic carbocycles.